The third-order valence-electron chi connectivity index (χ3n) is 13.3. The number of allylic oxidation sites excluding steroid dienone is 6. The summed E-state index contributed by atoms with van der Waals surface area (Å²) in [5.41, 5.74) is 0. The number of rotatable bonds is 52. The molecule has 0 rings (SSSR count). The lowest BCUT2D eigenvalue weighted by atomic mass is 10.0. The van der Waals surface area contributed by atoms with Crippen molar-refractivity contribution in [3.8, 4) is 0 Å². The zero-order chi connectivity index (χ0) is 47.4. The quantitative estimate of drug-likeness (QED) is 0.0321. The molecule has 3 N–H and O–H groups in total. The Labute approximate surface area is 404 Å². The Morgan fingerprint density at radius 3 is 1.25 bits per heavy atom. The topological polar surface area (TPSA) is 95.9 Å². The summed E-state index contributed by atoms with van der Waals surface area (Å²) in [5, 5.41) is 23.9. The highest BCUT2D eigenvalue weighted by atomic mass is 16.5. The molecule has 0 saturated heterocycles. The van der Waals surface area contributed by atoms with E-state index in [1.165, 1.54) is 199 Å². The van der Waals surface area contributed by atoms with E-state index in [9.17, 15) is 19.8 Å². The number of hydrogen-bond donors (Lipinski definition) is 3. The van der Waals surface area contributed by atoms with Crippen molar-refractivity contribution in [2.24, 2.45) is 0 Å². The lowest BCUT2D eigenvalue weighted by molar-refractivity contribution is -0.151. The van der Waals surface area contributed by atoms with E-state index >= 15 is 0 Å². The largest absolute Gasteiger partial charge is 0.462 e. The van der Waals surface area contributed by atoms with Gasteiger partial charge in [-0.05, 0) is 44.9 Å². The van der Waals surface area contributed by atoms with Crippen LogP contribution in [0.4, 0.5) is 0 Å². The summed E-state index contributed by atoms with van der Waals surface area (Å²) in [6, 6.07) is -0.701. The van der Waals surface area contributed by atoms with Gasteiger partial charge in [-0.15, -0.1) is 0 Å². The van der Waals surface area contributed by atoms with E-state index in [1.54, 1.807) is 0 Å². The SMILES string of the molecule is CC/C=C/C=C/C=C/CCCCCCCCCC(=O)OC(CCCCCCCCCCCCCCCC)CC(=O)NC(CO)C(O)CCCCCCCCCCCCCCCCCCC. The van der Waals surface area contributed by atoms with Crippen molar-refractivity contribution in [3.63, 3.8) is 0 Å². The highest BCUT2D eigenvalue weighted by molar-refractivity contribution is 5.77. The number of carbonyl (C=O) groups excluding carboxylic acids is 2. The van der Waals surface area contributed by atoms with Gasteiger partial charge in [0.1, 0.15) is 6.10 Å². The maximum Gasteiger partial charge on any atom is 0.306 e. The summed E-state index contributed by atoms with van der Waals surface area (Å²) >= 11 is 0. The van der Waals surface area contributed by atoms with Crippen molar-refractivity contribution in [2.75, 3.05) is 6.61 Å². The molecule has 3 atom stereocenters. The lowest BCUT2D eigenvalue weighted by Crippen LogP contribution is -2.46. The van der Waals surface area contributed by atoms with Gasteiger partial charge in [0.15, 0.2) is 0 Å². The van der Waals surface area contributed by atoms with Crippen LogP contribution in [0.5, 0.6) is 0 Å². The lowest BCUT2D eigenvalue weighted by Gasteiger charge is -2.24. The van der Waals surface area contributed by atoms with E-state index in [-0.39, 0.29) is 24.9 Å². The molecule has 0 aromatic heterocycles. The monoisotopic (exact) mass is 914 g/mol. The van der Waals surface area contributed by atoms with Crippen molar-refractivity contribution in [2.45, 2.75) is 322 Å². The zero-order valence-corrected chi connectivity index (χ0v) is 43.6. The predicted molar refractivity (Wildman–Crippen MR) is 282 cm³/mol. The second kappa shape index (κ2) is 53.0. The second-order valence-electron chi connectivity index (χ2n) is 19.7. The van der Waals surface area contributed by atoms with Gasteiger partial charge in [0, 0.05) is 6.42 Å². The van der Waals surface area contributed by atoms with Crippen LogP contribution < -0.4 is 5.32 Å². The number of unbranched alkanes of at least 4 members (excludes halogenated alkanes) is 36. The molecule has 0 saturated carbocycles. The Morgan fingerprint density at radius 2 is 0.831 bits per heavy atom. The van der Waals surface area contributed by atoms with Gasteiger partial charge in [-0.3, -0.25) is 9.59 Å². The van der Waals surface area contributed by atoms with Crippen LogP contribution in [-0.2, 0) is 14.3 Å². The van der Waals surface area contributed by atoms with Crippen LogP contribution in [0.3, 0.4) is 0 Å². The van der Waals surface area contributed by atoms with Crippen molar-refractivity contribution in [1.82, 2.24) is 5.32 Å². The van der Waals surface area contributed by atoms with Crippen molar-refractivity contribution >= 4 is 11.9 Å². The van der Waals surface area contributed by atoms with Crippen molar-refractivity contribution in [1.29, 1.82) is 0 Å². The molecule has 382 valence electrons. The fourth-order valence-corrected chi connectivity index (χ4v) is 8.96. The van der Waals surface area contributed by atoms with Crippen molar-refractivity contribution in [3.05, 3.63) is 36.5 Å². The van der Waals surface area contributed by atoms with E-state index < -0.39 is 18.2 Å². The highest BCUT2D eigenvalue weighted by Gasteiger charge is 2.24. The minimum absolute atomic E-state index is 0.0773. The fourth-order valence-electron chi connectivity index (χ4n) is 8.96. The maximum absolute atomic E-state index is 13.3. The molecular formula is C59H111NO5. The minimum Gasteiger partial charge on any atom is -0.462 e. The van der Waals surface area contributed by atoms with Crippen molar-refractivity contribution < 1.29 is 24.5 Å². The molecule has 6 heteroatoms. The molecule has 0 bridgehead atoms. The number of nitrogens with one attached hydrogen (secondary N) is 1. The van der Waals surface area contributed by atoms with Crippen LogP contribution in [-0.4, -0.2) is 46.9 Å². The first-order chi connectivity index (χ1) is 32.0. The number of aliphatic hydroxyl groups excluding tert-OH is 2. The molecule has 65 heavy (non-hydrogen) atoms. The highest BCUT2D eigenvalue weighted by Crippen LogP contribution is 2.19. The summed E-state index contributed by atoms with van der Waals surface area (Å²) in [5.74, 6) is -0.471. The molecule has 6 nitrogen and oxygen atoms in total. The molecule has 0 fully saturated rings. The average molecular weight is 915 g/mol. The number of carbonyl (C=O) groups is 2. The summed E-state index contributed by atoms with van der Waals surface area (Å²) < 4.78 is 5.96. The van der Waals surface area contributed by atoms with E-state index in [2.05, 4.69) is 62.5 Å². The van der Waals surface area contributed by atoms with E-state index in [1.807, 2.05) is 0 Å². The maximum atomic E-state index is 13.3. The fraction of sp³-hybridized carbons (Fsp3) is 0.864. The van der Waals surface area contributed by atoms with Crippen LogP contribution in [0.1, 0.15) is 303 Å². The molecule has 0 radical (unpaired) electrons. The summed E-state index contributed by atoms with van der Waals surface area (Å²) in [6.45, 7) is 6.39. The number of amides is 1. The third-order valence-corrected chi connectivity index (χ3v) is 13.3. The Hall–Kier alpha value is -1.92. The van der Waals surface area contributed by atoms with Crippen LogP contribution in [0, 0.1) is 0 Å². The first-order valence-corrected chi connectivity index (χ1v) is 28.7. The molecule has 1 amide bonds. The zero-order valence-electron chi connectivity index (χ0n) is 43.6. The van der Waals surface area contributed by atoms with Gasteiger partial charge in [-0.1, -0.05) is 282 Å². The molecule has 0 aromatic rings. The molecular weight excluding hydrogens is 803 g/mol. The van der Waals surface area contributed by atoms with E-state index in [0.717, 1.165) is 57.8 Å². The Kier molecular flexibility index (Phi) is 51.5. The first-order valence-electron chi connectivity index (χ1n) is 28.7. The Balaban J connectivity index is 4.50. The number of ether oxygens (including phenoxy) is 1. The van der Waals surface area contributed by atoms with E-state index in [0.29, 0.717) is 19.3 Å². The van der Waals surface area contributed by atoms with Gasteiger partial charge in [-0.2, -0.15) is 0 Å². The summed E-state index contributed by atoms with van der Waals surface area (Å²) in [6.07, 6.45) is 63.5. The molecule has 0 spiro atoms. The number of aliphatic hydroxyl groups is 2. The number of hydrogen-bond acceptors (Lipinski definition) is 5. The van der Waals surface area contributed by atoms with E-state index in [4.69, 9.17) is 4.74 Å². The Bertz CT molecular complexity index is 1070. The Morgan fingerprint density at radius 1 is 0.462 bits per heavy atom. The number of esters is 1. The third kappa shape index (κ3) is 48.3. The standard InChI is InChI=1S/C59H111NO5/c1-4-7-10-13-16-19-22-25-28-29-31-33-36-39-42-45-48-51-57(62)56(54-61)60-58(63)53-55(50-47-44-41-38-35-32-27-24-21-18-15-12-9-6-3)65-59(64)52-49-46-43-40-37-34-30-26-23-20-17-14-11-8-5-2/h8,11,14,17,20,23,55-57,61-62H,4-7,9-10,12-13,15-16,18-19,21-22,24-54H2,1-3H3,(H,60,63)/b11-8+,17-14+,23-20+. The van der Waals surface area contributed by atoms with Crippen LogP contribution in [0.25, 0.3) is 0 Å². The summed E-state index contributed by atoms with van der Waals surface area (Å²) in [4.78, 5) is 26.3. The van der Waals surface area contributed by atoms with Gasteiger partial charge in [0.05, 0.1) is 25.2 Å². The first kappa shape index (κ1) is 63.1. The molecule has 0 aliphatic heterocycles. The predicted octanol–water partition coefficient (Wildman–Crippen LogP) is 17.6. The summed E-state index contributed by atoms with van der Waals surface area (Å²) in [7, 11) is 0. The smallest absolute Gasteiger partial charge is 0.306 e. The van der Waals surface area contributed by atoms with Gasteiger partial charge in [0.25, 0.3) is 0 Å². The van der Waals surface area contributed by atoms with Gasteiger partial charge in [-0.25, -0.2) is 0 Å². The second-order valence-corrected chi connectivity index (χ2v) is 19.7. The van der Waals surface area contributed by atoms with Crippen LogP contribution in [0.15, 0.2) is 36.5 Å². The molecule has 0 heterocycles. The minimum atomic E-state index is -0.788. The average Bonchev–Trinajstić information content (AvgIpc) is 3.30. The molecule has 0 aromatic carbocycles. The molecule has 3 unspecified atom stereocenters. The van der Waals surface area contributed by atoms with Gasteiger partial charge in [0.2, 0.25) is 5.91 Å². The molecule has 0 aliphatic rings. The van der Waals surface area contributed by atoms with Gasteiger partial charge >= 0.3 is 5.97 Å². The molecule has 0 aliphatic carbocycles. The van der Waals surface area contributed by atoms with Crippen LogP contribution in [0.2, 0.25) is 0 Å². The van der Waals surface area contributed by atoms with Crippen LogP contribution >= 0.6 is 0 Å². The van der Waals surface area contributed by atoms with Gasteiger partial charge < -0.3 is 20.3 Å². The normalized spacial score (nSPS) is 13.4.